The third kappa shape index (κ3) is 1.89. The van der Waals surface area contributed by atoms with Gasteiger partial charge in [0.05, 0.1) is 23.2 Å². The molecule has 8 nitrogen and oxygen atoms in total. The number of carboxylic acid groups (broad SMARTS) is 4. The van der Waals surface area contributed by atoms with Gasteiger partial charge in [-0.25, -0.2) is 0 Å². The lowest BCUT2D eigenvalue weighted by Gasteiger charge is -2.24. The van der Waals surface area contributed by atoms with Gasteiger partial charge in [0.25, 0.3) is 0 Å². The summed E-state index contributed by atoms with van der Waals surface area (Å²) < 4.78 is 0. The van der Waals surface area contributed by atoms with Gasteiger partial charge in [0.15, 0.2) is 0 Å². The highest BCUT2D eigenvalue weighted by atomic mass is 16.4. The van der Waals surface area contributed by atoms with Crippen molar-refractivity contribution in [3.8, 4) is 0 Å². The van der Waals surface area contributed by atoms with E-state index < -0.39 is 53.5 Å². The van der Waals surface area contributed by atoms with E-state index in [2.05, 4.69) is 0 Å². The zero-order valence-corrected chi connectivity index (χ0v) is 9.36. The van der Waals surface area contributed by atoms with Crippen molar-refractivity contribution in [1.29, 1.82) is 0 Å². The minimum atomic E-state index is -1.90. The highest BCUT2D eigenvalue weighted by Crippen LogP contribution is 2.50. The van der Waals surface area contributed by atoms with Gasteiger partial charge in [-0.1, -0.05) is 0 Å². The van der Waals surface area contributed by atoms with E-state index in [9.17, 15) is 19.2 Å². The maximum atomic E-state index is 11.1. The Kier molecular flexibility index (Phi) is 3.32. The fourth-order valence-electron chi connectivity index (χ4n) is 2.54. The number of carboxylic acids is 4. The molecule has 0 amide bonds. The lowest BCUT2D eigenvalue weighted by molar-refractivity contribution is -0.165. The summed E-state index contributed by atoms with van der Waals surface area (Å²) in [6.07, 6.45) is -0.522. The number of carbonyl (C=O) groups is 4. The van der Waals surface area contributed by atoms with E-state index in [0.717, 1.165) is 6.92 Å². The van der Waals surface area contributed by atoms with Crippen LogP contribution in [0, 0.1) is 23.2 Å². The Morgan fingerprint density at radius 2 is 1.44 bits per heavy atom. The zero-order chi connectivity index (χ0) is 14.2. The van der Waals surface area contributed by atoms with E-state index in [1.54, 1.807) is 0 Å². The van der Waals surface area contributed by atoms with Gasteiger partial charge in [-0.15, -0.1) is 0 Å². The lowest BCUT2D eigenvalue weighted by Crippen LogP contribution is -2.41. The van der Waals surface area contributed by atoms with E-state index >= 15 is 0 Å². The van der Waals surface area contributed by atoms with E-state index in [-0.39, 0.29) is 0 Å². The summed E-state index contributed by atoms with van der Waals surface area (Å²) in [6, 6.07) is 0. The molecule has 0 aliphatic heterocycles. The first-order valence-electron chi connectivity index (χ1n) is 5.04. The fraction of sp³-hybridized carbons (Fsp3) is 0.600. The Morgan fingerprint density at radius 3 is 1.72 bits per heavy atom. The summed E-state index contributed by atoms with van der Waals surface area (Å²) in [6.45, 7) is 1.06. The molecule has 0 radical (unpaired) electrons. The Hall–Kier alpha value is -2.12. The summed E-state index contributed by atoms with van der Waals surface area (Å²) >= 11 is 0. The molecule has 4 N–H and O–H groups in total. The van der Waals surface area contributed by atoms with Crippen molar-refractivity contribution in [2.75, 3.05) is 0 Å². The number of hydrogen-bond donors (Lipinski definition) is 4. The highest BCUT2D eigenvalue weighted by molar-refractivity contribution is 5.92. The first kappa shape index (κ1) is 13.9. The van der Waals surface area contributed by atoms with Crippen LogP contribution in [0.1, 0.15) is 13.3 Å². The molecular formula is C10H12O8. The Morgan fingerprint density at radius 1 is 0.944 bits per heavy atom. The summed E-state index contributed by atoms with van der Waals surface area (Å²) in [4.78, 5) is 44.2. The molecule has 0 saturated heterocycles. The summed E-state index contributed by atoms with van der Waals surface area (Å²) in [5.41, 5.74) is -1.90. The number of hydrogen-bond acceptors (Lipinski definition) is 4. The summed E-state index contributed by atoms with van der Waals surface area (Å²) in [5, 5.41) is 35.9. The van der Waals surface area contributed by atoms with Crippen LogP contribution in [-0.4, -0.2) is 44.3 Å². The van der Waals surface area contributed by atoms with Crippen LogP contribution in [0.15, 0.2) is 0 Å². The standard InChI is InChI=1S/C10H12O8/c1-10(9(17)18)2-3(6(11)12)4(7(13)14)5(10)8(15)16/h3-5H,2H2,1H3,(H,11,12)(H,13,14)(H,15,16)(H,17,18). The second-order valence-electron chi connectivity index (χ2n) is 4.55. The van der Waals surface area contributed by atoms with E-state index in [1.807, 2.05) is 0 Å². The van der Waals surface area contributed by atoms with Crippen LogP contribution in [-0.2, 0) is 19.2 Å². The summed E-state index contributed by atoms with van der Waals surface area (Å²) in [5.74, 6) is -11.3. The molecule has 1 rings (SSSR count). The van der Waals surface area contributed by atoms with Gasteiger partial charge in [0.1, 0.15) is 0 Å². The van der Waals surface area contributed by atoms with Crippen molar-refractivity contribution in [3.63, 3.8) is 0 Å². The molecular weight excluding hydrogens is 248 g/mol. The molecule has 8 heteroatoms. The molecule has 0 spiro atoms. The van der Waals surface area contributed by atoms with E-state index in [0.29, 0.717) is 0 Å². The van der Waals surface area contributed by atoms with Gasteiger partial charge < -0.3 is 20.4 Å². The van der Waals surface area contributed by atoms with Crippen LogP contribution in [0.3, 0.4) is 0 Å². The average Bonchev–Trinajstić information content (AvgIpc) is 2.53. The van der Waals surface area contributed by atoms with Gasteiger partial charge in [-0.2, -0.15) is 0 Å². The predicted octanol–water partition coefficient (Wildman–Crippen LogP) is -0.417. The van der Waals surface area contributed by atoms with Crippen molar-refractivity contribution in [2.24, 2.45) is 23.2 Å². The largest absolute Gasteiger partial charge is 0.481 e. The summed E-state index contributed by atoms with van der Waals surface area (Å²) in [7, 11) is 0. The van der Waals surface area contributed by atoms with Crippen molar-refractivity contribution in [3.05, 3.63) is 0 Å². The molecule has 0 aromatic rings. The van der Waals surface area contributed by atoms with Gasteiger partial charge in [0.2, 0.25) is 0 Å². The van der Waals surface area contributed by atoms with Crippen LogP contribution < -0.4 is 0 Å². The highest BCUT2D eigenvalue weighted by Gasteiger charge is 2.63. The van der Waals surface area contributed by atoms with Crippen LogP contribution in [0.5, 0.6) is 0 Å². The van der Waals surface area contributed by atoms with Crippen LogP contribution in [0.25, 0.3) is 0 Å². The molecule has 1 fully saturated rings. The molecule has 0 bridgehead atoms. The first-order valence-corrected chi connectivity index (χ1v) is 5.04. The van der Waals surface area contributed by atoms with Crippen molar-refractivity contribution < 1.29 is 39.6 Å². The third-order valence-electron chi connectivity index (χ3n) is 3.48. The van der Waals surface area contributed by atoms with Gasteiger partial charge in [-0.3, -0.25) is 19.2 Å². The first-order chi connectivity index (χ1) is 8.12. The van der Waals surface area contributed by atoms with Crippen LogP contribution in [0.4, 0.5) is 0 Å². The molecule has 1 aliphatic rings. The average molecular weight is 260 g/mol. The molecule has 0 heterocycles. The molecule has 1 saturated carbocycles. The van der Waals surface area contributed by atoms with E-state index in [4.69, 9.17) is 20.4 Å². The van der Waals surface area contributed by atoms with Gasteiger partial charge in [-0.05, 0) is 13.3 Å². The zero-order valence-electron chi connectivity index (χ0n) is 9.36. The second kappa shape index (κ2) is 4.28. The van der Waals surface area contributed by atoms with Crippen molar-refractivity contribution >= 4 is 23.9 Å². The van der Waals surface area contributed by atoms with Gasteiger partial charge >= 0.3 is 23.9 Å². The molecule has 100 valence electrons. The Labute approximate surface area is 101 Å². The minimum absolute atomic E-state index is 0.522. The van der Waals surface area contributed by atoms with E-state index in [1.165, 1.54) is 0 Å². The van der Waals surface area contributed by atoms with Crippen LogP contribution >= 0.6 is 0 Å². The molecule has 1 aliphatic carbocycles. The number of rotatable bonds is 4. The third-order valence-corrected chi connectivity index (χ3v) is 3.48. The normalized spacial score (nSPS) is 35.1. The monoisotopic (exact) mass is 260 g/mol. The fourth-order valence-corrected chi connectivity index (χ4v) is 2.54. The molecule has 0 aromatic heterocycles. The maximum Gasteiger partial charge on any atom is 0.310 e. The molecule has 0 aromatic carbocycles. The van der Waals surface area contributed by atoms with Crippen LogP contribution in [0.2, 0.25) is 0 Å². The van der Waals surface area contributed by atoms with Crippen molar-refractivity contribution in [2.45, 2.75) is 13.3 Å². The predicted molar refractivity (Wildman–Crippen MR) is 53.7 cm³/mol. The lowest BCUT2D eigenvalue weighted by atomic mass is 9.77. The van der Waals surface area contributed by atoms with Crippen molar-refractivity contribution in [1.82, 2.24) is 0 Å². The minimum Gasteiger partial charge on any atom is -0.481 e. The molecule has 4 unspecified atom stereocenters. The Balaban J connectivity index is 3.35. The SMILES string of the molecule is CC1(C(=O)O)CC(C(=O)O)C(C(=O)O)C1C(=O)O. The second-order valence-corrected chi connectivity index (χ2v) is 4.55. The smallest absolute Gasteiger partial charge is 0.310 e. The Bertz CT molecular complexity index is 428. The molecule has 4 atom stereocenters. The topological polar surface area (TPSA) is 149 Å². The quantitative estimate of drug-likeness (QED) is 0.532. The van der Waals surface area contributed by atoms with Gasteiger partial charge in [0, 0.05) is 0 Å². The number of aliphatic carboxylic acids is 4. The maximum absolute atomic E-state index is 11.1. The molecule has 18 heavy (non-hydrogen) atoms.